The Morgan fingerprint density at radius 2 is 1.88 bits per heavy atom. The Labute approximate surface area is 197 Å². The van der Waals surface area contributed by atoms with E-state index in [-0.39, 0.29) is 7.38 Å². The number of rotatable bonds is 7. The third-order valence-electron chi connectivity index (χ3n) is 8.39. The van der Waals surface area contributed by atoms with Gasteiger partial charge in [0.05, 0.1) is 6.04 Å². The number of benzene rings is 1. The highest BCUT2D eigenvalue weighted by Gasteiger charge is 2.35. The average molecular weight is 448 g/mol. The highest BCUT2D eigenvalue weighted by Crippen LogP contribution is 2.50. The Morgan fingerprint density at radius 1 is 1.12 bits per heavy atom. The fourth-order valence-corrected chi connectivity index (χ4v) is 6.77. The van der Waals surface area contributed by atoms with Crippen LogP contribution in [0.2, 0.25) is 0 Å². The summed E-state index contributed by atoms with van der Waals surface area (Å²) in [6.07, 6.45) is 11.8. The lowest BCUT2D eigenvalue weighted by Crippen LogP contribution is -2.22. The van der Waals surface area contributed by atoms with E-state index >= 15 is 0 Å². The topological polar surface area (TPSA) is 12.4 Å². The van der Waals surface area contributed by atoms with E-state index in [4.69, 9.17) is 4.99 Å². The van der Waals surface area contributed by atoms with Gasteiger partial charge in [-0.3, -0.25) is 4.99 Å². The van der Waals surface area contributed by atoms with Crippen molar-refractivity contribution in [1.82, 2.24) is 0 Å². The minimum absolute atomic E-state index is 0.111. The molecule has 0 saturated carbocycles. The minimum Gasteiger partial charge on any atom is -0.285 e. The largest absolute Gasteiger partial charge is 0.285 e. The third-order valence-corrected chi connectivity index (χ3v) is 9.89. The predicted octanol–water partition coefficient (Wildman–Crippen LogP) is 8.68. The molecule has 0 amide bonds. The van der Waals surface area contributed by atoms with Crippen LogP contribution >= 0.6 is 7.38 Å². The first-order valence-corrected chi connectivity index (χ1v) is 14.7. The van der Waals surface area contributed by atoms with Crippen LogP contribution in [0.1, 0.15) is 101 Å². The van der Waals surface area contributed by atoms with E-state index < -0.39 is 0 Å². The molecule has 1 saturated heterocycles. The first-order valence-electron chi connectivity index (χ1n) is 12.9. The van der Waals surface area contributed by atoms with E-state index in [0.717, 1.165) is 6.42 Å². The van der Waals surface area contributed by atoms with Crippen LogP contribution < -0.4 is 0 Å². The standard InChI is InChI=1S/C30H42NP/c1-8-19(3)23(7)27-21(5)10-11-25-22(6)18-24(13-15-32-16-17-32)28(29(25)27)26-12-14-31-30(26)20(4)9-2/h10-12,14,19-20,22-23,30H,8-9,13,16-18H2,1-7H3. The molecule has 172 valence electrons. The van der Waals surface area contributed by atoms with E-state index in [0.29, 0.717) is 29.7 Å². The predicted molar refractivity (Wildman–Crippen MR) is 144 cm³/mol. The van der Waals surface area contributed by atoms with Crippen LogP contribution in [-0.2, 0) is 0 Å². The maximum absolute atomic E-state index is 4.98. The van der Waals surface area contributed by atoms with Gasteiger partial charge in [0, 0.05) is 12.6 Å². The maximum atomic E-state index is 4.98. The number of fused-ring (bicyclic) bond motifs is 1. The molecule has 4 rings (SSSR count). The third kappa shape index (κ3) is 4.44. The number of nitrogens with zero attached hydrogens (tertiary/aromatic N) is 1. The fourth-order valence-electron chi connectivity index (χ4n) is 5.64. The molecule has 1 aromatic rings. The number of allylic oxidation sites excluding steroid dienone is 2. The zero-order valence-corrected chi connectivity index (χ0v) is 22.2. The summed E-state index contributed by atoms with van der Waals surface area (Å²) in [6.45, 7) is 16.7. The minimum atomic E-state index is 0.111. The SMILES string of the molecule is CCC(C)C1N=CC=C1C1=C(CC#P2CC2)CC(C)c2ccc(C)c(C(C)C(C)CC)c21. The van der Waals surface area contributed by atoms with Crippen molar-refractivity contribution in [1.29, 1.82) is 0 Å². The Bertz CT molecular complexity index is 1050. The maximum Gasteiger partial charge on any atom is 0.0780 e. The van der Waals surface area contributed by atoms with Gasteiger partial charge < -0.3 is 0 Å². The van der Waals surface area contributed by atoms with Crippen LogP contribution in [0.4, 0.5) is 0 Å². The quantitative estimate of drug-likeness (QED) is 0.371. The van der Waals surface area contributed by atoms with Gasteiger partial charge in [-0.05, 0) is 94.4 Å². The first kappa shape index (κ1) is 23.6. The molecule has 0 spiro atoms. The highest BCUT2D eigenvalue weighted by molar-refractivity contribution is 7.54. The van der Waals surface area contributed by atoms with E-state index in [1.807, 2.05) is 0 Å². The molecule has 0 bridgehead atoms. The van der Waals surface area contributed by atoms with Gasteiger partial charge in [0.25, 0.3) is 0 Å². The molecular weight excluding hydrogens is 405 g/mol. The van der Waals surface area contributed by atoms with Crippen LogP contribution in [0.3, 0.4) is 0 Å². The average Bonchev–Trinajstić information content (AvgIpc) is 3.50. The molecule has 1 fully saturated rings. The number of hydrogen-bond acceptors (Lipinski definition) is 1. The molecule has 1 aromatic carbocycles. The monoisotopic (exact) mass is 447 g/mol. The summed E-state index contributed by atoms with van der Waals surface area (Å²) in [5, 5.41) is 0. The number of hydrogen-bond donors (Lipinski definition) is 0. The van der Waals surface area contributed by atoms with Crippen LogP contribution in [0.25, 0.3) is 5.57 Å². The van der Waals surface area contributed by atoms with Gasteiger partial charge in [-0.2, -0.15) is 0 Å². The summed E-state index contributed by atoms with van der Waals surface area (Å²) in [5.74, 6) is 2.38. The lowest BCUT2D eigenvalue weighted by Gasteiger charge is -2.35. The lowest BCUT2D eigenvalue weighted by atomic mass is 9.69. The van der Waals surface area contributed by atoms with Crippen molar-refractivity contribution < 1.29 is 0 Å². The molecule has 5 atom stereocenters. The van der Waals surface area contributed by atoms with Crippen molar-refractivity contribution in [3.05, 3.63) is 51.6 Å². The molecule has 3 aliphatic rings. The first-order chi connectivity index (χ1) is 15.4. The molecule has 2 heterocycles. The van der Waals surface area contributed by atoms with Crippen molar-refractivity contribution in [2.75, 3.05) is 12.3 Å². The molecule has 32 heavy (non-hydrogen) atoms. The zero-order valence-electron chi connectivity index (χ0n) is 21.3. The van der Waals surface area contributed by atoms with Gasteiger partial charge in [0.2, 0.25) is 0 Å². The second-order valence-corrected chi connectivity index (χ2v) is 12.9. The number of aliphatic imine (C=N–C) groups is 1. The van der Waals surface area contributed by atoms with Gasteiger partial charge in [-0.15, -0.1) is 13.0 Å². The molecular formula is C30H42NP. The van der Waals surface area contributed by atoms with E-state index in [1.54, 1.807) is 27.8 Å². The van der Waals surface area contributed by atoms with Crippen molar-refractivity contribution >= 4 is 19.2 Å². The van der Waals surface area contributed by atoms with Crippen molar-refractivity contribution in [2.24, 2.45) is 16.8 Å². The van der Waals surface area contributed by atoms with Crippen LogP contribution in [0.5, 0.6) is 0 Å². The summed E-state index contributed by atoms with van der Waals surface area (Å²) >= 11 is 0. The molecule has 1 nitrogen and oxygen atoms in total. The molecule has 2 heteroatoms. The Morgan fingerprint density at radius 3 is 2.53 bits per heavy atom. The second kappa shape index (κ2) is 9.75. The molecule has 0 N–H and O–H groups in total. The van der Waals surface area contributed by atoms with Crippen molar-refractivity contribution in [3.8, 4) is 5.63 Å². The summed E-state index contributed by atoms with van der Waals surface area (Å²) < 4.78 is 0. The summed E-state index contributed by atoms with van der Waals surface area (Å²) in [7, 11) is 0.111. The second-order valence-electron chi connectivity index (χ2n) is 10.6. The van der Waals surface area contributed by atoms with Gasteiger partial charge in [-0.1, -0.05) is 66.5 Å². The molecule has 2 aliphatic heterocycles. The van der Waals surface area contributed by atoms with Crippen LogP contribution in [0.15, 0.2) is 34.3 Å². The Hall–Kier alpha value is -1.55. The number of aryl methyl sites for hydroxylation is 1. The van der Waals surface area contributed by atoms with Gasteiger partial charge in [-0.25, -0.2) is 0 Å². The van der Waals surface area contributed by atoms with E-state index in [2.05, 4.69) is 78.5 Å². The fraction of sp³-hybridized carbons (Fsp3) is 0.600. The van der Waals surface area contributed by atoms with Gasteiger partial charge in [0.15, 0.2) is 0 Å². The van der Waals surface area contributed by atoms with Crippen molar-refractivity contribution in [3.63, 3.8) is 0 Å². The zero-order chi connectivity index (χ0) is 23.0. The van der Waals surface area contributed by atoms with Crippen molar-refractivity contribution in [2.45, 2.75) is 92.0 Å². The summed E-state index contributed by atoms with van der Waals surface area (Å²) in [5.41, 5.74) is 14.8. The molecule has 1 aliphatic carbocycles. The van der Waals surface area contributed by atoms with Crippen LogP contribution in [0, 0.1) is 24.4 Å². The van der Waals surface area contributed by atoms with Gasteiger partial charge >= 0.3 is 0 Å². The lowest BCUT2D eigenvalue weighted by molar-refractivity contribution is 0.469. The highest BCUT2D eigenvalue weighted by atomic mass is 31.1. The van der Waals surface area contributed by atoms with E-state index in [9.17, 15) is 0 Å². The Kier molecular flexibility index (Phi) is 7.19. The smallest absolute Gasteiger partial charge is 0.0780 e. The molecule has 0 aromatic heterocycles. The van der Waals surface area contributed by atoms with E-state index in [1.165, 1.54) is 42.7 Å². The molecule has 0 radical (unpaired) electrons. The normalized spacial score (nSPS) is 24.7. The van der Waals surface area contributed by atoms with Gasteiger partial charge in [0.1, 0.15) is 0 Å². The summed E-state index contributed by atoms with van der Waals surface area (Å²) in [4.78, 5) is 4.98. The molecule has 5 unspecified atom stereocenters. The van der Waals surface area contributed by atoms with Crippen LogP contribution in [-0.4, -0.2) is 24.6 Å². The Balaban J connectivity index is 1.95. The summed E-state index contributed by atoms with van der Waals surface area (Å²) in [6, 6.07) is 5.13.